The molecule has 0 heterocycles. The summed E-state index contributed by atoms with van der Waals surface area (Å²) in [5.74, 6) is -0.651. The first kappa shape index (κ1) is 21.7. The van der Waals surface area contributed by atoms with E-state index in [4.69, 9.17) is 0 Å². The van der Waals surface area contributed by atoms with Crippen LogP contribution in [0.4, 0.5) is 5.69 Å². The van der Waals surface area contributed by atoms with E-state index >= 15 is 0 Å². The Hall–Kier alpha value is -2.37. The molecule has 0 aliphatic carbocycles. The number of carbonyl (C=O) groups is 3. The van der Waals surface area contributed by atoms with E-state index in [0.29, 0.717) is 12.1 Å². The second-order valence-corrected chi connectivity index (χ2v) is 6.76. The van der Waals surface area contributed by atoms with Crippen molar-refractivity contribution in [2.75, 3.05) is 18.4 Å². The summed E-state index contributed by atoms with van der Waals surface area (Å²) in [6.07, 6.45) is 3.33. The predicted molar refractivity (Wildman–Crippen MR) is 104 cm³/mol. The summed E-state index contributed by atoms with van der Waals surface area (Å²) in [6, 6.07) is 7.36. The van der Waals surface area contributed by atoms with E-state index in [2.05, 4.69) is 17.6 Å². The van der Waals surface area contributed by atoms with Gasteiger partial charge in [-0.25, -0.2) is 0 Å². The predicted octanol–water partition coefficient (Wildman–Crippen LogP) is 2.87. The summed E-state index contributed by atoms with van der Waals surface area (Å²) in [6.45, 7) is 7.67. The first-order valence-electron chi connectivity index (χ1n) is 9.26. The van der Waals surface area contributed by atoms with Crippen molar-refractivity contribution >= 4 is 23.4 Å². The molecular weight excluding hydrogens is 330 g/mol. The average molecular weight is 361 g/mol. The van der Waals surface area contributed by atoms with Crippen LogP contribution in [-0.2, 0) is 14.4 Å². The Morgan fingerprint density at radius 2 is 1.69 bits per heavy atom. The average Bonchev–Trinajstić information content (AvgIpc) is 2.59. The maximum atomic E-state index is 12.3. The van der Waals surface area contributed by atoms with Crippen LogP contribution in [0.1, 0.15) is 52.0 Å². The molecule has 0 aliphatic heterocycles. The van der Waals surface area contributed by atoms with Crippen LogP contribution >= 0.6 is 0 Å². The standard InChI is InChI=1S/C20H31N3O3/c1-5-6-7-8-20(26)23(15(2)3)14-19(25)21-13-18(24)22-17-11-9-16(4)10-12-17/h9-12,15H,5-8,13-14H2,1-4H3,(H,21,25)(H,22,24). The van der Waals surface area contributed by atoms with Crippen LogP contribution in [0.5, 0.6) is 0 Å². The Labute approximate surface area is 156 Å². The van der Waals surface area contributed by atoms with Crippen LogP contribution in [0.2, 0.25) is 0 Å². The smallest absolute Gasteiger partial charge is 0.243 e. The lowest BCUT2D eigenvalue weighted by molar-refractivity contribution is -0.138. The molecule has 0 aliphatic rings. The molecule has 26 heavy (non-hydrogen) atoms. The normalized spacial score (nSPS) is 10.5. The number of hydrogen-bond acceptors (Lipinski definition) is 3. The molecule has 6 nitrogen and oxygen atoms in total. The van der Waals surface area contributed by atoms with E-state index in [-0.39, 0.29) is 36.9 Å². The molecule has 0 atom stereocenters. The fraction of sp³-hybridized carbons (Fsp3) is 0.550. The summed E-state index contributed by atoms with van der Waals surface area (Å²) in [5, 5.41) is 5.30. The van der Waals surface area contributed by atoms with Gasteiger partial charge >= 0.3 is 0 Å². The SMILES string of the molecule is CCCCCC(=O)N(CC(=O)NCC(=O)Nc1ccc(C)cc1)C(C)C. The van der Waals surface area contributed by atoms with Gasteiger partial charge in [0.1, 0.15) is 0 Å². The minimum Gasteiger partial charge on any atom is -0.345 e. The summed E-state index contributed by atoms with van der Waals surface area (Å²) < 4.78 is 0. The van der Waals surface area contributed by atoms with Gasteiger partial charge in [-0.3, -0.25) is 14.4 Å². The molecule has 0 fully saturated rings. The van der Waals surface area contributed by atoms with Gasteiger partial charge in [-0.2, -0.15) is 0 Å². The molecule has 3 amide bonds. The monoisotopic (exact) mass is 361 g/mol. The fourth-order valence-electron chi connectivity index (χ4n) is 2.46. The lowest BCUT2D eigenvalue weighted by Gasteiger charge is -2.26. The zero-order chi connectivity index (χ0) is 19.5. The molecule has 1 rings (SSSR count). The number of aryl methyl sites for hydroxylation is 1. The molecule has 2 N–H and O–H groups in total. The van der Waals surface area contributed by atoms with Crippen molar-refractivity contribution in [1.82, 2.24) is 10.2 Å². The number of rotatable bonds is 10. The van der Waals surface area contributed by atoms with Crippen LogP contribution in [0.25, 0.3) is 0 Å². The van der Waals surface area contributed by atoms with Crippen molar-refractivity contribution in [3.05, 3.63) is 29.8 Å². The van der Waals surface area contributed by atoms with Gasteiger partial charge in [0.05, 0.1) is 13.1 Å². The van der Waals surface area contributed by atoms with Crippen LogP contribution in [0.3, 0.4) is 0 Å². The van der Waals surface area contributed by atoms with E-state index in [1.165, 1.54) is 0 Å². The highest BCUT2D eigenvalue weighted by Gasteiger charge is 2.19. The molecular formula is C20H31N3O3. The number of anilines is 1. The molecule has 1 aromatic carbocycles. The number of nitrogens with one attached hydrogen (secondary N) is 2. The van der Waals surface area contributed by atoms with Crippen molar-refractivity contribution in [2.24, 2.45) is 0 Å². The van der Waals surface area contributed by atoms with E-state index < -0.39 is 0 Å². The summed E-state index contributed by atoms with van der Waals surface area (Å²) in [4.78, 5) is 37.9. The lowest BCUT2D eigenvalue weighted by Crippen LogP contribution is -2.45. The Balaban J connectivity index is 2.43. The quantitative estimate of drug-likeness (QED) is 0.629. The molecule has 6 heteroatoms. The minimum atomic E-state index is -0.332. The van der Waals surface area contributed by atoms with Gasteiger partial charge in [0.25, 0.3) is 0 Å². The number of carbonyl (C=O) groups excluding carboxylic acids is 3. The molecule has 144 valence electrons. The van der Waals surface area contributed by atoms with Gasteiger partial charge in [0, 0.05) is 18.2 Å². The molecule has 0 spiro atoms. The first-order valence-corrected chi connectivity index (χ1v) is 9.26. The van der Waals surface area contributed by atoms with Crippen molar-refractivity contribution in [2.45, 2.75) is 59.4 Å². The van der Waals surface area contributed by atoms with Crippen LogP contribution < -0.4 is 10.6 Å². The molecule has 0 unspecified atom stereocenters. The Morgan fingerprint density at radius 3 is 2.27 bits per heavy atom. The van der Waals surface area contributed by atoms with Crippen molar-refractivity contribution in [3.8, 4) is 0 Å². The van der Waals surface area contributed by atoms with Crippen LogP contribution in [0.15, 0.2) is 24.3 Å². The van der Waals surface area contributed by atoms with Gasteiger partial charge < -0.3 is 15.5 Å². The molecule has 0 saturated heterocycles. The van der Waals surface area contributed by atoms with Gasteiger partial charge in [-0.1, -0.05) is 37.5 Å². The van der Waals surface area contributed by atoms with Gasteiger partial charge in [0.2, 0.25) is 17.7 Å². The van der Waals surface area contributed by atoms with Crippen LogP contribution in [-0.4, -0.2) is 41.8 Å². The topological polar surface area (TPSA) is 78.5 Å². The first-order chi connectivity index (χ1) is 12.3. The molecule has 0 bridgehead atoms. The Kier molecular flexibility index (Phi) is 9.41. The van der Waals surface area contributed by atoms with E-state index in [0.717, 1.165) is 24.8 Å². The highest BCUT2D eigenvalue weighted by atomic mass is 16.2. The van der Waals surface area contributed by atoms with Crippen LogP contribution in [0, 0.1) is 6.92 Å². The number of nitrogens with zero attached hydrogens (tertiary/aromatic N) is 1. The van der Waals surface area contributed by atoms with E-state index in [9.17, 15) is 14.4 Å². The van der Waals surface area contributed by atoms with E-state index in [1.54, 1.807) is 4.90 Å². The highest BCUT2D eigenvalue weighted by molar-refractivity contribution is 5.95. The fourth-order valence-corrected chi connectivity index (χ4v) is 2.46. The molecule has 0 aromatic heterocycles. The maximum Gasteiger partial charge on any atom is 0.243 e. The lowest BCUT2D eigenvalue weighted by atomic mass is 10.1. The highest BCUT2D eigenvalue weighted by Crippen LogP contribution is 2.08. The second kappa shape index (κ2) is 11.3. The molecule has 0 radical (unpaired) electrons. The Morgan fingerprint density at radius 1 is 1.04 bits per heavy atom. The summed E-state index contributed by atoms with van der Waals surface area (Å²) in [5.41, 5.74) is 1.79. The number of amides is 3. The molecule has 1 aromatic rings. The third-order valence-corrected chi connectivity index (χ3v) is 4.03. The summed E-state index contributed by atoms with van der Waals surface area (Å²) >= 11 is 0. The zero-order valence-electron chi connectivity index (χ0n) is 16.3. The minimum absolute atomic E-state index is 0.0206. The number of unbranched alkanes of at least 4 members (excludes halogenated alkanes) is 2. The third kappa shape index (κ3) is 8.14. The van der Waals surface area contributed by atoms with Gasteiger partial charge in [0.15, 0.2) is 0 Å². The number of hydrogen-bond donors (Lipinski definition) is 2. The van der Waals surface area contributed by atoms with Crippen molar-refractivity contribution in [3.63, 3.8) is 0 Å². The maximum absolute atomic E-state index is 12.3. The largest absolute Gasteiger partial charge is 0.345 e. The number of benzene rings is 1. The second-order valence-electron chi connectivity index (χ2n) is 6.76. The van der Waals surface area contributed by atoms with Gasteiger partial charge in [-0.05, 0) is 39.3 Å². The Bertz CT molecular complexity index is 597. The van der Waals surface area contributed by atoms with Gasteiger partial charge in [-0.15, -0.1) is 0 Å². The zero-order valence-corrected chi connectivity index (χ0v) is 16.3. The van der Waals surface area contributed by atoms with Crippen molar-refractivity contribution in [1.29, 1.82) is 0 Å². The van der Waals surface area contributed by atoms with Crippen molar-refractivity contribution < 1.29 is 14.4 Å². The van der Waals surface area contributed by atoms with E-state index in [1.807, 2.05) is 45.0 Å². The summed E-state index contributed by atoms with van der Waals surface area (Å²) in [7, 11) is 0. The molecule has 0 saturated carbocycles. The third-order valence-electron chi connectivity index (χ3n) is 4.03.